The number of nitrogens with one attached hydrogen (secondary N) is 1. The van der Waals surface area contributed by atoms with Crippen LogP contribution >= 0.6 is 12.2 Å². The van der Waals surface area contributed by atoms with Crippen molar-refractivity contribution < 1.29 is 4.52 Å². The zero-order valence-electron chi connectivity index (χ0n) is 24.3. The van der Waals surface area contributed by atoms with Gasteiger partial charge in [-0.1, -0.05) is 85.7 Å². The van der Waals surface area contributed by atoms with Gasteiger partial charge in [0.2, 0.25) is 0 Å². The normalized spacial score (nSPS) is 18.0. The Morgan fingerprint density at radius 2 is 1.76 bits per heavy atom. The van der Waals surface area contributed by atoms with E-state index in [1.54, 1.807) is 0 Å². The number of unbranched alkanes of at least 4 members (excludes halogenated alkanes) is 1. The molecule has 0 amide bonds. The van der Waals surface area contributed by atoms with Gasteiger partial charge >= 0.3 is 5.76 Å². The minimum absolute atomic E-state index is 0.0137. The van der Waals surface area contributed by atoms with Crippen molar-refractivity contribution in [1.82, 2.24) is 24.6 Å². The van der Waals surface area contributed by atoms with Gasteiger partial charge < -0.3 is 4.90 Å². The molecule has 42 heavy (non-hydrogen) atoms. The molecule has 0 spiro atoms. The molecule has 2 unspecified atom stereocenters. The summed E-state index contributed by atoms with van der Waals surface area (Å²) < 4.78 is 6.57. The van der Waals surface area contributed by atoms with Gasteiger partial charge in [0.05, 0.1) is 11.5 Å². The van der Waals surface area contributed by atoms with Crippen molar-refractivity contribution in [2.45, 2.75) is 65.3 Å². The molecule has 2 aromatic carbocycles. The molecule has 1 aliphatic heterocycles. The minimum atomic E-state index is -0.589. The molecule has 3 heterocycles. The van der Waals surface area contributed by atoms with Crippen LogP contribution in [0.25, 0.3) is 22.5 Å². The first kappa shape index (κ1) is 28.3. The van der Waals surface area contributed by atoms with Crippen LogP contribution < -0.4 is 11.3 Å². The van der Waals surface area contributed by atoms with Crippen LogP contribution in [-0.4, -0.2) is 42.7 Å². The number of benzene rings is 2. The fourth-order valence-electron chi connectivity index (χ4n) is 6.61. The van der Waals surface area contributed by atoms with Crippen LogP contribution in [0.1, 0.15) is 61.7 Å². The van der Waals surface area contributed by atoms with E-state index in [0.717, 1.165) is 82.9 Å². The van der Waals surface area contributed by atoms with Crippen molar-refractivity contribution in [2.24, 2.45) is 11.8 Å². The molecule has 9 heteroatoms. The van der Waals surface area contributed by atoms with Crippen molar-refractivity contribution in [3.05, 3.63) is 92.1 Å². The van der Waals surface area contributed by atoms with Gasteiger partial charge in [-0.3, -0.25) is 18.9 Å². The second-order valence-electron chi connectivity index (χ2n) is 11.7. The number of aromatic amines is 1. The first-order valence-corrected chi connectivity index (χ1v) is 15.4. The maximum Gasteiger partial charge on any atom is 0.439 e. The zero-order valence-corrected chi connectivity index (χ0v) is 25.1. The van der Waals surface area contributed by atoms with Crippen LogP contribution in [0.2, 0.25) is 0 Å². The molecule has 0 radical (unpaired) electrons. The van der Waals surface area contributed by atoms with Crippen LogP contribution in [0.15, 0.2) is 62.6 Å². The third-order valence-corrected chi connectivity index (χ3v) is 9.34. The first-order chi connectivity index (χ1) is 20.4. The Balaban J connectivity index is 1.27. The van der Waals surface area contributed by atoms with Gasteiger partial charge in [-0.25, -0.2) is 9.78 Å². The number of likely N-dealkylation sites (tertiary alicyclic amines) is 1. The van der Waals surface area contributed by atoms with Crippen LogP contribution in [0.4, 0.5) is 0 Å². The highest BCUT2D eigenvalue weighted by atomic mass is 32.1. The number of aryl methyl sites for hydroxylation is 2. The average Bonchev–Trinajstić information content (AvgIpc) is 3.73. The molecule has 0 bridgehead atoms. The van der Waals surface area contributed by atoms with Gasteiger partial charge in [-0.2, -0.15) is 0 Å². The van der Waals surface area contributed by atoms with E-state index in [2.05, 4.69) is 22.0 Å². The summed E-state index contributed by atoms with van der Waals surface area (Å²) in [6.45, 7) is 6.60. The Hall–Kier alpha value is -3.85. The van der Waals surface area contributed by atoms with Gasteiger partial charge in [-0.15, -0.1) is 0 Å². The van der Waals surface area contributed by atoms with Crippen molar-refractivity contribution in [1.29, 1.82) is 0 Å². The topological polar surface area (TPSA) is 97.0 Å². The quantitative estimate of drug-likeness (QED) is 0.258. The van der Waals surface area contributed by atoms with Crippen molar-refractivity contribution in [3.63, 3.8) is 0 Å². The molecule has 8 nitrogen and oxygen atoms in total. The van der Waals surface area contributed by atoms with Gasteiger partial charge in [-0.05, 0) is 54.7 Å². The maximum absolute atomic E-state index is 14.0. The molecule has 2 aromatic heterocycles. The SMILES string of the molecule is CCCCc1nc(C)c(CC(=S)N2CC3CCCC3C2)c(=O)n1Cc1ccc(-c2ccccc2-c2noc(=O)[nH]2)cc1. The number of hydrogen-bond donors (Lipinski definition) is 1. The fraction of sp³-hybridized carbons (Fsp3) is 0.424. The van der Waals surface area contributed by atoms with E-state index in [0.29, 0.717) is 24.4 Å². The van der Waals surface area contributed by atoms with E-state index < -0.39 is 5.76 Å². The molecule has 1 N–H and O–H groups in total. The number of fused-ring (bicyclic) bond motifs is 1. The highest BCUT2D eigenvalue weighted by Gasteiger charge is 2.37. The summed E-state index contributed by atoms with van der Waals surface area (Å²) in [5.41, 5.74) is 5.20. The van der Waals surface area contributed by atoms with Crippen LogP contribution in [0.3, 0.4) is 0 Å². The second-order valence-corrected chi connectivity index (χ2v) is 12.2. The Kier molecular flexibility index (Phi) is 8.20. The summed E-state index contributed by atoms with van der Waals surface area (Å²) in [5.74, 6) is 2.13. The number of aromatic nitrogens is 4. The van der Waals surface area contributed by atoms with E-state index in [4.69, 9.17) is 21.7 Å². The Bertz CT molecular complexity index is 1690. The maximum atomic E-state index is 14.0. The van der Waals surface area contributed by atoms with Crippen molar-refractivity contribution in [2.75, 3.05) is 13.1 Å². The second kappa shape index (κ2) is 12.2. The van der Waals surface area contributed by atoms with Crippen LogP contribution in [-0.2, 0) is 19.4 Å². The van der Waals surface area contributed by atoms with E-state index >= 15 is 0 Å². The smallest absolute Gasteiger partial charge is 0.365 e. The zero-order chi connectivity index (χ0) is 29.2. The summed E-state index contributed by atoms with van der Waals surface area (Å²) >= 11 is 5.90. The third-order valence-electron chi connectivity index (χ3n) is 8.94. The van der Waals surface area contributed by atoms with Crippen molar-refractivity contribution in [3.8, 4) is 22.5 Å². The molecular weight excluding hydrogens is 546 g/mol. The lowest BCUT2D eigenvalue weighted by Crippen LogP contribution is -2.35. The fourth-order valence-corrected chi connectivity index (χ4v) is 6.90. The van der Waals surface area contributed by atoms with Gasteiger partial charge in [0, 0.05) is 42.8 Å². The number of rotatable bonds is 9. The summed E-state index contributed by atoms with van der Waals surface area (Å²) in [6, 6.07) is 15.9. The highest BCUT2D eigenvalue weighted by Crippen LogP contribution is 2.38. The predicted octanol–water partition coefficient (Wildman–Crippen LogP) is 5.55. The number of hydrogen-bond acceptors (Lipinski definition) is 6. The van der Waals surface area contributed by atoms with E-state index in [1.165, 1.54) is 19.3 Å². The summed E-state index contributed by atoms with van der Waals surface area (Å²) in [4.78, 5) is 36.4. The molecule has 1 saturated carbocycles. The molecule has 1 aliphatic carbocycles. The third kappa shape index (κ3) is 5.75. The number of nitrogens with zero attached hydrogens (tertiary/aromatic N) is 4. The van der Waals surface area contributed by atoms with Gasteiger partial charge in [0.25, 0.3) is 5.56 Å². The van der Waals surface area contributed by atoms with E-state index in [-0.39, 0.29) is 5.56 Å². The summed E-state index contributed by atoms with van der Waals surface area (Å²) in [7, 11) is 0. The first-order valence-electron chi connectivity index (χ1n) is 15.0. The standard InChI is InChI=1S/C33H37N5O3S/c1-3-4-12-29-34-21(2)28(17-30(42)37-19-24-8-7-9-25(24)20-37)32(39)38(29)18-22-13-15-23(16-14-22)26-10-5-6-11-27(26)31-35-33(40)41-36-31/h5-6,10-11,13-16,24-25H,3-4,7-9,12,17-20H2,1-2H3,(H,35,36,40). The summed E-state index contributed by atoms with van der Waals surface area (Å²) in [5, 5.41) is 3.86. The van der Waals surface area contributed by atoms with Crippen LogP contribution in [0, 0.1) is 18.8 Å². The predicted molar refractivity (Wildman–Crippen MR) is 168 cm³/mol. The highest BCUT2D eigenvalue weighted by molar-refractivity contribution is 7.80. The Morgan fingerprint density at radius 3 is 2.43 bits per heavy atom. The molecule has 4 aromatic rings. The van der Waals surface area contributed by atoms with Gasteiger partial charge in [0.15, 0.2) is 5.82 Å². The van der Waals surface area contributed by atoms with Crippen LogP contribution in [0.5, 0.6) is 0 Å². The molecule has 218 valence electrons. The Morgan fingerprint density at radius 1 is 1.05 bits per heavy atom. The molecule has 2 atom stereocenters. The van der Waals surface area contributed by atoms with E-state index in [9.17, 15) is 9.59 Å². The molecule has 1 saturated heterocycles. The molecule has 2 fully saturated rings. The van der Waals surface area contributed by atoms with Gasteiger partial charge in [0.1, 0.15) is 5.82 Å². The molecule has 6 rings (SSSR count). The minimum Gasteiger partial charge on any atom is -0.365 e. The number of H-pyrrole nitrogens is 1. The largest absolute Gasteiger partial charge is 0.439 e. The average molecular weight is 584 g/mol. The lowest BCUT2D eigenvalue weighted by molar-refractivity contribution is 0.388. The van der Waals surface area contributed by atoms with Crippen molar-refractivity contribution >= 4 is 17.2 Å². The monoisotopic (exact) mass is 583 g/mol. The number of thiocarbonyl (C=S) groups is 1. The Labute approximate surface area is 250 Å². The lowest BCUT2D eigenvalue weighted by atomic mass is 9.98. The molecular formula is C33H37N5O3S. The summed E-state index contributed by atoms with van der Waals surface area (Å²) in [6.07, 6.45) is 7.16. The lowest BCUT2D eigenvalue weighted by Gasteiger charge is -2.22. The van der Waals surface area contributed by atoms with E-state index in [1.807, 2.05) is 60.0 Å². The molecule has 2 aliphatic rings.